The molecule has 0 fully saturated rings. The van der Waals surface area contributed by atoms with Crippen molar-refractivity contribution in [3.8, 4) is 0 Å². The van der Waals surface area contributed by atoms with Crippen molar-refractivity contribution in [2.24, 2.45) is 0 Å². The molecule has 0 saturated heterocycles. The normalized spacial score (nSPS) is 11.8. The molecule has 0 radical (unpaired) electrons. The van der Waals surface area contributed by atoms with Gasteiger partial charge < -0.3 is 5.11 Å². The molecule has 0 aliphatic carbocycles. The first-order valence-electron chi connectivity index (χ1n) is 5.54. The first-order valence-corrected chi connectivity index (χ1v) is 7.90. The minimum absolute atomic E-state index is 0.0124. The van der Waals surface area contributed by atoms with Crippen LogP contribution in [-0.2, 0) is 23.2 Å². The maximum absolute atomic E-state index is 13.4. The molecule has 2 rings (SSSR count). The summed E-state index contributed by atoms with van der Waals surface area (Å²) in [6, 6.07) is 4.16. The van der Waals surface area contributed by atoms with Crippen molar-refractivity contribution in [2.75, 3.05) is 0 Å². The molecule has 0 spiro atoms. The summed E-state index contributed by atoms with van der Waals surface area (Å²) in [5, 5.41) is 10.4. The molecule has 108 valence electrons. The van der Waals surface area contributed by atoms with E-state index in [9.17, 15) is 17.2 Å². The third kappa shape index (κ3) is 3.40. The Hall–Kier alpha value is -1.35. The molecule has 0 bridgehead atoms. The van der Waals surface area contributed by atoms with Crippen molar-refractivity contribution < 1.29 is 22.3 Å². The second-order valence-electron chi connectivity index (χ2n) is 3.99. The minimum atomic E-state index is -3.81. The average molecular weight is 319 g/mol. The molecule has 0 aliphatic rings. The predicted octanol–water partition coefficient (Wildman–Crippen LogP) is 2.00. The molecule has 0 amide bonds. The highest BCUT2D eigenvalue weighted by Crippen LogP contribution is 2.20. The van der Waals surface area contributed by atoms with E-state index in [2.05, 4.69) is 4.72 Å². The van der Waals surface area contributed by atoms with Gasteiger partial charge in [0.05, 0.1) is 6.61 Å². The van der Waals surface area contributed by atoms with Crippen LogP contribution in [0, 0.1) is 11.6 Å². The van der Waals surface area contributed by atoms with Gasteiger partial charge in [-0.1, -0.05) is 0 Å². The number of hydrogen-bond donors (Lipinski definition) is 2. The lowest BCUT2D eigenvalue weighted by Crippen LogP contribution is -2.23. The molecular weight excluding hydrogens is 308 g/mol. The second kappa shape index (κ2) is 5.96. The van der Waals surface area contributed by atoms with Gasteiger partial charge in [0.1, 0.15) is 15.8 Å². The number of sulfonamides is 1. The summed E-state index contributed by atoms with van der Waals surface area (Å²) in [5.74, 6) is -1.32. The SMILES string of the molecule is O=S(=O)(NCc1cc(F)ccc1F)c1cc(CO)cs1. The molecule has 0 unspecified atom stereocenters. The van der Waals surface area contributed by atoms with E-state index in [0.717, 1.165) is 29.5 Å². The molecular formula is C12H11F2NO3S2. The van der Waals surface area contributed by atoms with Crippen molar-refractivity contribution in [3.63, 3.8) is 0 Å². The fraction of sp³-hybridized carbons (Fsp3) is 0.167. The van der Waals surface area contributed by atoms with Gasteiger partial charge in [0.25, 0.3) is 0 Å². The lowest BCUT2D eigenvalue weighted by Gasteiger charge is -2.06. The molecule has 20 heavy (non-hydrogen) atoms. The smallest absolute Gasteiger partial charge is 0.250 e. The minimum Gasteiger partial charge on any atom is -0.392 e. The van der Waals surface area contributed by atoms with Crippen molar-refractivity contribution in [3.05, 3.63) is 52.4 Å². The zero-order valence-electron chi connectivity index (χ0n) is 10.1. The standard InChI is InChI=1S/C12H11F2NO3S2/c13-10-1-2-11(14)9(4-10)5-15-20(17,18)12-3-8(6-16)7-19-12/h1-4,7,15-16H,5-6H2. The number of aliphatic hydroxyl groups excluding tert-OH is 1. The third-order valence-corrected chi connectivity index (χ3v) is 5.43. The van der Waals surface area contributed by atoms with Crippen LogP contribution in [-0.4, -0.2) is 13.5 Å². The van der Waals surface area contributed by atoms with Gasteiger partial charge in [0, 0.05) is 12.1 Å². The molecule has 2 N–H and O–H groups in total. The molecule has 8 heteroatoms. The van der Waals surface area contributed by atoms with Crippen LogP contribution in [0.4, 0.5) is 8.78 Å². The Morgan fingerprint density at radius 2 is 2.00 bits per heavy atom. The van der Waals surface area contributed by atoms with Gasteiger partial charge in [-0.3, -0.25) is 0 Å². The predicted molar refractivity (Wildman–Crippen MR) is 70.6 cm³/mol. The van der Waals surface area contributed by atoms with Gasteiger partial charge in [-0.2, -0.15) is 0 Å². The molecule has 1 aromatic carbocycles. The second-order valence-corrected chi connectivity index (χ2v) is 6.90. The van der Waals surface area contributed by atoms with Crippen LogP contribution in [0.3, 0.4) is 0 Å². The molecule has 4 nitrogen and oxygen atoms in total. The van der Waals surface area contributed by atoms with E-state index in [4.69, 9.17) is 5.11 Å². The quantitative estimate of drug-likeness (QED) is 0.886. The van der Waals surface area contributed by atoms with Crippen molar-refractivity contribution in [1.29, 1.82) is 0 Å². The molecule has 1 heterocycles. The third-order valence-electron chi connectivity index (χ3n) is 2.54. The molecule has 1 aromatic heterocycles. The van der Waals surface area contributed by atoms with Gasteiger partial charge in [-0.25, -0.2) is 21.9 Å². The highest BCUT2D eigenvalue weighted by molar-refractivity contribution is 7.91. The Morgan fingerprint density at radius 3 is 2.65 bits per heavy atom. The highest BCUT2D eigenvalue weighted by Gasteiger charge is 2.17. The summed E-state index contributed by atoms with van der Waals surface area (Å²) >= 11 is 0.945. The summed E-state index contributed by atoms with van der Waals surface area (Å²) in [6.07, 6.45) is 0. The Bertz CT molecular complexity index is 713. The van der Waals surface area contributed by atoms with E-state index in [1.165, 1.54) is 11.4 Å². The lowest BCUT2D eigenvalue weighted by molar-refractivity contribution is 0.282. The van der Waals surface area contributed by atoms with Crippen LogP contribution < -0.4 is 4.72 Å². The van der Waals surface area contributed by atoms with Crippen LogP contribution in [0.5, 0.6) is 0 Å². The van der Waals surface area contributed by atoms with Gasteiger partial charge >= 0.3 is 0 Å². The maximum atomic E-state index is 13.4. The van der Waals surface area contributed by atoms with Crippen LogP contribution in [0.15, 0.2) is 33.9 Å². The van der Waals surface area contributed by atoms with Gasteiger partial charge in [-0.15, -0.1) is 11.3 Å². The number of rotatable bonds is 5. The summed E-state index contributed by atoms with van der Waals surface area (Å²) in [6.45, 7) is -0.608. The first-order chi connectivity index (χ1) is 9.42. The van der Waals surface area contributed by atoms with Crippen molar-refractivity contribution in [1.82, 2.24) is 4.72 Å². The van der Waals surface area contributed by atoms with Crippen LogP contribution >= 0.6 is 11.3 Å². The van der Waals surface area contributed by atoms with Gasteiger partial charge in [0.2, 0.25) is 10.0 Å². The highest BCUT2D eigenvalue weighted by atomic mass is 32.2. The molecule has 0 atom stereocenters. The van der Waals surface area contributed by atoms with E-state index in [1.807, 2.05) is 0 Å². The maximum Gasteiger partial charge on any atom is 0.250 e. The fourth-order valence-corrected chi connectivity index (χ4v) is 3.75. The van der Waals surface area contributed by atoms with E-state index < -0.39 is 21.7 Å². The lowest BCUT2D eigenvalue weighted by atomic mass is 10.2. The van der Waals surface area contributed by atoms with E-state index in [0.29, 0.717) is 5.56 Å². The molecule has 0 aliphatic heterocycles. The Morgan fingerprint density at radius 1 is 1.25 bits per heavy atom. The Labute approximate surface area is 118 Å². The Kier molecular flexibility index (Phi) is 4.48. The number of benzene rings is 1. The monoisotopic (exact) mass is 319 g/mol. The van der Waals surface area contributed by atoms with E-state index in [1.54, 1.807) is 0 Å². The summed E-state index contributed by atoms with van der Waals surface area (Å²) < 4.78 is 52.4. The first kappa shape index (κ1) is 15.0. The molecule has 0 saturated carbocycles. The Balaban J connectivity index is 2.15. The van der Waals surface area contributed by atoms with Crippen LogP contribution in [0.2, 0.25) is 0 Å². The van der Waals surface area contributed by atoms with E-state index >= 15 is 0 Å². The zero-order valence-corrected chi connectivity index (χ0v) is 11.8. The number of hydrogen-bond acceptors (Lipinski definition) is 4. The summed E-state index contributed by atoms with van der Waals surface area (Å²) in [7, 11) is -3.81. The topological polar surface area (TPSA) is 66.4 Å². The van der Waals surface area contributed by atoms with E-state index in [-0.39, 0.29) is 22.9 Å². The number of aliphatic hydroxyl groups is 1. The van der Waals surface area contributed by atoms with Crippen molar-refractivity contribution in [2.45, 2.75) is 17.4 Å². The van der Waals surface area contributed by atoms with Crippen LogP contribution in [0.1, 0.15) is 11.1 Å². The number of thiophene rings is 1. The van der Waals surface area contributed by atoms with Crippen LogP contribution in [0.25, 0.3) is 0 Å². The zero-order chi connectivity index (χ0) is 14.8. The average Bonchev–Trinajstić information content (AvgIpc) is 2.89. The largest absolute Gasteiger partial charge is 0.392 e. The summed E-state index contributed by atoms with van der Waals surface area (Å²) in [5.41, 5.74) is 0.403. The van der Waals surface area contributed by atoms with Crippen molar-refractivity contribution >= 4 is 21.4 Å². The number of nitrogens with one attached hydrogen (secondary N) is 1. The fourth-order valence-electron chi connectivity index (χ4n) is 1.50. The molecule has 2 aromatic rings. The summed E-state index contributed by atoms with van der Waals surface area (Å²) in [4.78, 5) is 0. The van der Waals surface area contributed by atoms with Gasteiger partial charge in [-0.05, 0) is 35.2 Å². The number of halogens is 2. The van der Waals surface area contributed by atoms with Gasteiger partial charge in [0.15, 0.2) is 0 Å².